The average Bonchev–Trinajstić information content (AvgIpc) is 2.55. The van der Waals surface area contributed by atoms with Gasteiger partial charge in [0.25, 0.3) is 15.7 Å². The maximum atomic E-state index is 12.5. The lowest BCUT2D eigenvalue weighted by molar-refractivity contribution is -0.384. The third-order valence-electron chi connectivity index (χ3n) is 3.02. The number of aromatic hydroxyl groups is 1. The average molecular weight is 352 g/mol. The van der Waals surface area contributed by atoms with E-state index in [1.54, 1.807) is 0 Å². The molecule has 2 N–H and O–H groups in total. The second-order valence-corrected chi connectivity index (χ2v) is 6.20. The largest absolute Gasteiger partial charge is 0.506 e. The van der Waals surface area contributed by atoms with Crippen LogP contribution in [0.15, 0.2) is 47.4 Å². The summed E-state index contributed by atoms with van der Waals surface area (Å²) in [5, 5.41) is 20.5. The van der Waals surface area contributed by atoms with Gasteiger partial charge in [-0.2, -0.15) is 0 Å². The Balaban J connectivity index is 2.49. The zero-order valence-corrected chi connectivity index (χ0v) is 13.1. The van der Waals surface area contributed by atoms with Gasteiger partial charge >= 0.3 is 5.97 Å². The van der Waals surface area contributed by atoms with E-state index >= 15 is 0 Å². The van der Waals surface area contributed by atoms with Crippen molar-refractivity contribution in [3.8, 4) is 5.75 Å². The van der Waals surface area contributed by atoms with Crippen molar-refractivity contribution in [3.05, 3.63) is 58.1 Å². The second-order valence-electron chi connectivity index (χ2n) is 4.55. The highest BCUT2D eigenvalue weighted by Crippen LogP contribution is 2.30. The molecule has 0 heterocycles. The minimum Gasteiger partial charge on any atom is -0.506 e. The SMILES string of the molecule is COC(=O)c1ccccc1S(=O)(=O)Nc1cc([N+](=O)[O-])ccc1O. The van der Waals surface area contributed by atoms with Crippen LogP contribution in [0.2, 0.25) is 0 Å². The first-order valence-electron chi connectivity index (χ1n) is 6.44. The van der Waals surface area contributed by atoms with Gasteiger partial charge in [0.15, 0.2) is 0 Å². The Morgan fingerprint density at radius 1 is 1.25 bits per heavy atom. The Kier molecular flexibility index (Phi) is 4.69. The number of esters is 1. The summed E-state index contributed by atoms with van der Waals surface area (Å²) in [4.78, 5) is 21.3. The van der Waals surface area contributed by atoms with Crippen molar-refractivity contribution in [3.63, 3.8) is 0 Å². The lowest BCUT2D eigenvalue weighted by Crippen LogP contribution is -2.17. The summed E-state index contributed by atoms with van der Waals surface area (Å²) in [7, 11) is -3.19. The molecular weight excluding hydrogens is 340 g/mol. The minimum absolute atomic E-state index is 0.211. The van der Waals surface area contributed by atoms with Crippen molar-refractivity contribution in [1.82, 2.24) is 0 Å². The normalized spacial score (nSPS) is 10.9. The molecule has 10 heteroatoms. The summed E-state index contributed by atoms with van der Waals surface area (Å²) in [6.45, 7) is 0. The Hall–Kier alpha value is -3.14. The number of hydrogen-bond acceptors (Lipinski definition) is 7. The zero-order chi connectivity index (χ0) is 17.9. The number of phenols is 1. The van der Waals surface area contributed by atoms with Crippen LogP contribution in [0.5, 0.6) is 5.75 Å². The van der Waals surface area contributed by atoms with Gasteiger partial charge in [-0.05, 0) is 18.2 Å². The quantitative estimate of drug-likeness (QED) is 0.363. The summed E-state index contributed by atoms with van der Waals surface area (Å²) in [5.74, 6) is -1.36. The van der Waals surface area contributed by atoms with E-state index in [2.05, 4.69) is 4.74 Å². The molecule has 0 radical (unpaired) electrons. The monoisotopic (exact) mass is 352 g/mol. The molecule has 0 aliphatic rings. The predicted octanol–water partition coefficient (Wildman–Crippen LogP) is 1.89. The predicted molar refractivity (Wildman–Crippen MR) is 83.4 cm³/mol. The molecule has 24 heavy (non-hydrogen) atoms. The number of non-ortho nitro benzene ring substituents is 1. The smallest absolute Gasteiger partial charge is 0.339 e. The van der Waals surface area contributed by atoms with Gasteiger partial charge in [0, 0.05) is 12.1 Å². The molecule has 0 unspecified atom stereocenters. The number of sulfonamides is 1. The fourth-order valence-corrected chi connectivity index (χ4v) is 3.16. The lowest BCUT2D eigenvalue weighted by atomic mass is 10.2. The topological polar surface area (TPSA) is 136 Å². The highest BCUT2D eigenvalue weighted by molar-refractivity contribution is 7.92. The van der Waals surface area contributed by atoms with E-state index in [0.717, 1.165) is 25.3 Å². The number of carbonyl (C=O) groups is 1. The van der Waals surface area contributed by atoms with Crippen LogP contribution in [-0.4, -0.2) is 31.5 Å². The Labute approximate surface area is 136 Å². The van der Waals surface area contributed by atoms with Gasteiger partial charge in [0.05, 0.1) is 23.3 Å². The van der Waals surface area contributed by atoms with Crippen LogP contribution in [-0.2, 0) is 14.8 Å². The summed E-state index contributed by atoms with van der Waals surface area (Å²) >= 11 is 0. The van der Waals surface area contributed by atoms with Crippen LogP contribution in [0.25, 0.3) is 0 Å². The number of nitrogens with zero attached hydrogens (tertiary/aromatic N) is 1. The fraction of sp³-hybridized carbons (Fsp3) is 0.0714. The first kappa shape index (κ1) is 17.2. The third kappa shape index (κ3) is 3.43. The van der Waals surface area contributed by atoms with Crippen molar-refractivity contribution >= 4 is 27.4 Å². The van der Waals surface area contributed by atoms with Crippen molar-refractivity contribution in [2.75, 3.05) is 11.8 Å². The molecule has 2 aromatic carbocycles. The Morgan fingerprint density at radius 2 is 1.92 bits per heavy atom. The third-order valence-corrected chi connectivity index (χ3v) is 4.44. The molecular formula is C14H12N2O7S. The zero-order valence-electron chi connectivity index (χ0n) is 12.3. The molecule has 0 saturated heterocycles. The van der Waals surface area contributed by atoms with Crippen LogP contribution >= 0.6 is 0 Å². The molecule has 0 aliphatic heterocycles. The second kappa shape index (κ2) is 6.54. The maximum absolute atomic E-state index is 12.5. The Bertz CT molecular complexity index is 909. The van der Waals surface area contributed by atoms with Crippen molar-refractivity contribution in [1.29, 1.82) is 0 Å². The molecule has 0 saturated carbocycles. The number of benzene rings is 2. The number of carbonyl (C=O) groups excluding carboxylic acids is 1. The molecule has 0 aromatic heterocycles. The van der Waals surface area contributed by atoms with Crippen LogP contribution < -0.4 is 4.72 Å². The van der Waals surface area contributed by atoms with E-state index in [4.69, 9.17) is 0 Å². The van der Waals surface area contributed by atoms with Crippen LogP contribution in [0.1, 0.15) is 10.4 Å². The molecule has 0 aliphatic carbocycles. The lowest BCUT2D eigenvalue weighted by Gasteiger charge is -2.12. The van der Waals surface area contributed by atoms with Crippen molar-refractivity contribution in [2.45, 2.75) is 4.90 Å². The van der Waals surface area contributed by atoms with Gasteiger partial charge in [-0.1, -0.05) is 12.1 Å². The highest BCUT2D eigenvalue weighted by atomic mass is 32.2. The molecule has 9 nitrogen and oxygen atoms in total. The number of nitro groups is 1. The maximum Gasteiger partial charge on any atom is 0.339 e. The summed E-state index contributed by atoms with van der Waals surface area (Å²) < 4.78 is 31.5. The number of phenolic OH excluding ortho intramolecular Hbond substituents is 1. The number of anilines is 1. The van der Waals surface area contributed by atoms with Gasteiger partial charge < -0.3 is 9.84 Å². The molecule has 0 amide bonds. The van der Waals surface area contributed by atoms with Gasteiger partial charge in [-0.25, -0.2) is 13.2 Å². The van der Waals surface area contributed by atoms with Crippen LogP contribution in [0.4, 0.5) is 11.4 Å². The van der Waals surface area contributed by atoms with E-state index in [1.807, 2.05) is 4.72 Å². The molecule has 0 bridgehead atoms. The molecule has 2 rings (SSSR count). The number of ether oxygens (including phenoxy) is 1. The number of nitrogens with one attached hydrogen (secondary N) is 1. The first-order valence-corrected chi connectivity index (χ1v) is 7.92. The van der Waals surface area contributed by atoms with E-state index in [0.29, 0.717) is 0 Å². The molecule has 0 fully saturated rings. The minimum atomic E-state index is -4.30. The molecule has 2 aromatic rings. The molecule has 0 atom stereocenters. The molecule has 0 spiro atoms. The summed E-state index contributed by atoms with van der Waals surface area (Å²) in [5.41, 5.74) is -1.01. The van der Waals surface area contributed by atoms with E-state index in [1.165, 1.54) is 24.3 Å². The van der Waals surface area contributed by atoms with Gasteiger partial charge in [0.2, 0.25) is 0 Å². The van der Waals surface area contributed by atoms with E-state index in [9.17, 15) is 28.4 Å². The number of methoxy groups -OCH3 is 1. The summed E-state index contributed by atoms with van der Waals surface area (Å²) in [6, 6.07) is 8.16. The van der Waals surface area contributed by atoms with E-state index < -0.39 is 32.4 Å². The Morgan fingerprint density at radius 3 is 2.54 bits per heavy atom. The highest BCUT2D eigenvalue weighted by Gasteiger charge is 2.24. The number of rotatable bonds is 5. The van der Waals surface area contributed by atoms with Gasteiger partial charge in [-0.3, -0.25) is 14.8 Å². The standard InChI is InChI=1S/C14H12N2O7S/c1-23-14(18)10-4-2-3-5-13(10)24(21,22)15-11-8-9(16(19)20)6-7-12(11)17/h2-8,15,17H,1H3. The van der Waals surface area contributed by atoms with E-state index in [-0.39, 0.29) is 16.1 Å². The molecule has 126 valence electrons. The first-order chi connectivity index (χ1) is 11.3. The van der Waals surface area contributed by atoms with Crippen molar-refractivity contribution < 1.29 is 28.0 Å². The van der Waals surface area contributed by atoms with Gasteiger partial charge in [-0.15, -0.1) is 0 Å². The number of hydrogen-bond donors (Lipinski definition) is 2. The van der Waals surface area contributed by atoms with Crippen LogP contribution in [0, 0.1) is 10.1 Å². The van der Waals surface area contributed by atoms with Crippen molar-refractivity contribution in [2.24, 2.45) is 0 Å². The van der Waals surface area contributed by atoms with Gasteiger partial charge in [0.1, 0.15) is 10.6 Å². The summed E-state index contributed by atoms with van der Waals surface area (Å²) in [6.07, 6.45) is 0. The van der Waals surface area contributed by atoms with Crippen LogP contribution in [0.3, 0.4) is 0 Å². The number of nitro benzene ring substituents is 1. The fourth-order valence-electron chi connectivity index (χ4n) is 1.90.